The van der Waals surface area contributed by atoms with E-state index in [2.05, 4.69) is 6.08 Å². The summed E-state index contributed by atoms with van der Waals surface area (Å²) in [6.45, 7) is 5.94. The Hall–Kier alpha value is -0.750. The molecule has 1 unspecified atom stereocenters. The molecule has 0 aromatic rings. The lowest BCUT2D eigenvalue weighted by Gasteiger charge is -2.49. The summed E-state index contributed by atoms with van der Waals surface area (Å²) >= 11 is 0. The van der Waals surface area contributed by atoms with Crippen LogP contribution in [-0.4, -0.2) is 51.6 Å². The van der Waals surface area contributed by atoms with Crippen molar-refractivity contribution in [3.8, 4) is 0 Å². The second-order valence-corrected chi connectivity index (χ2v) is 9.57. The Morgan fingerprint density at radius 2 is 1.92 bits per heavy atom. The zero-order valence-electron chi connectivity index (χ0n) is 15.4. The van der Waals surface area contributed by atoms with Gasteiger partial charge in [-0.05, 0) is 50.5 Å². The number of aliphatic hydroxyl groups excluding tert-OH is 2. The van der Waals surface area contributed by atoms with Crippen LogP contribution in [0.1, 0.15) is 52.9 Å². The monoisotopic (exact) mass is 350 g/mol. The van der Waals surface area contributed by atoms with Gasteiger partial charge < -0.3 is 20.1 Å². The maximum atomic E-state index is 13.0. The summed E-state index contributed by atoms with van der Waals surface area (Å²) in [6.07, 6.45) is 3.05. The minimum Gasteiger partial charge on any atom is -0.392 e. The maximum Gasteiger partial charge on any atom is 0.169 e. The fourth-order valence-corrected chi connectivity index (χ4v) is 6.33. The first-order chi connectivity index (χ1) is 11.6. The molecule has 5 rings (SSSR count). The Balaban J connectivity index is 1.83. The standard InChI is InChI=1S/C20H30O5/c1-18(2)15-7-4-11(9-25-15)12-5-6-13-16(22)20(12,10-19(13,3)24)8-14(21)17(18)23/h4,12-16,21-22,24H,5-10H2,1-3H3/t12-,13+,14+,15?,16+,19+,20-/m0/s1. The third kappa shape index (κ3) is 2.32. The summed E-state index contributed by atoms with van der Waals surface area (Å²) < 4.78 is 6.05. The molecular weight excluding hydrogens is 320 g/mol. The number of carbonyl (C=O) groups is 1. The molecule has 5 heteroatoms. The molecule has 3 aliphatic carbocycles. The molecule has 0 radical (unpaired) electrons. The third-order valence-corrected chi connectivity index (χ3v) is 7.73. The van der Waals surface area contributed by atoms with E-state index < -0.39 is 28.6 Å². The molecule has 2 saturated carbocycles. The Morgan fingerprint density at radius 3 is 2.56 bits per heavy atom. The van der Waals surface area contributed by atoms with E-state index in [1.54, 1.807) is 6.92 Å². The van der Waals surface area contributed by atoms with Crippen LogP contribution in [0.2, 0.25) is 0 Å². The predicted molar refractivity (Wildman–Crippen MR) is 91.7 cm³/mol. The van der Waals surface area contributed by atoms with Gasteiger partial charge in [0.1, 0.15) is 6.10 Å². The first-order valence-electron chi connectivity index (χ1n) is 9.53. The molecule has 7 atom stereocenters. The molecule has 25 heavy (non-hydrogen) atoms. The number of ether oxygens (including phenoxy) is 1. The van der Waals surface area contributed by atoms with Gasteiger partial charge in [0, 0.05) is 11.3 Å². The highest BCUT2D eigenvalue weighted by molar-refractivity contribution is 5.88. The maximum absolute atomic E-state index is 13.0. The first-order valence-corrected chi connectivity index (χ1v) is 9.53. The molecule has 3 fully saturated rings. The van der Waals surface area contributed by atoms with Crippen molar-refractivity contribution in [3.63, 3.8) is 0 Å². The highest BCUT2D eigenvalue weighted by Crippen LogP contribution is 2.63. The summed E-state index contributed by atoms with van der Waals surface area (Å²) in [5.74, 6) is -0.359. The molecule has 0 aromatic carbocycles. The number of hydrogen-bond donors (Lipinski definition) is 3. The van der Waals surface area contributed by atoms with Crippen LogP contribution in [-0.2, 0) is 9.53 Å². The van der Waals surface area contributed by atoms with Crippen LogP contribution in [0.3, 0.4) is 0 Å². The summed E-state index contributed by atoms with van der Waals surface area (Å²) in [4.78, 5) is 13.0. The number of carbonyl (C=O) groups excluding carboxylic acids is 1. The van der Waals surface area contributed by atoms with Crippen LogP contribution < -0.4 is 0 Å². The normalized spacial score (nSPS) is 51.8. The number of rotatable bonds is 0. The van der Waals surface area contributed by atoms with E-state index in [9.17, 15) is 20.1 Å². The Labute approximate surface area is 149 Å². The van der Waals surface area contributed by atoms with E-state index in [-0.39, 0.29) is 30.1 Å². The van der Waals surface area contributed by atoms with Gasteiger partial charge in [0.25, 0.3) is 0 Å². The molecule has 0 aromatic heterocycles. The molecule has 5 aliphatic rings. The fraction of sp³-hybridized carbons (Fsp3) is 0.850. The van der Waals surface area contributed by atoms with Crippen molar-refractivity contribution in [1.82, 2.24) is 0 Å². The van der Waals surface area contributed by atoms with Gasteiger partial charge in [-0.25, -0.2) is 0 Å². The summed E-state index contributed by atoms with van der Waals surface area (Å²) in [5, 5.41) is 32.8. The molecule has 4 bridgehead atoms. The SMILES string of the molecule is CC1(C)C(=O)[C@H](O)C[C@]23C[C@@](C)(O)[C@H](CC[C@H]2C2=CCC1OC2)[C@H]3O. The highest BCUT2D eigenvalue weighted by Gasteiger charge is 2.65. The van der Waals surface area contributed by atoms with Crippen molar-refractivity contribution in [3.05, 3.63) is 11.6 Å². The van der Waals surface area contributed by atoms with Crippen molar-refractivity contribution < 1.29 is 24.9 Å². The number of Topliss-reactive ketones (excluding diaryl/α,β-unsaturated/α-hetero) is 1. The molecule has 5 nitrogen and oxygen atoms in total. The highest BCUT2D eigenvalue weighted by atomic mass is 16.5. The van der Waals surface area contributed by atoms with Crippen molar-refractivity contribution in [2.24, 2.45) is 22.7 Å². The largest absolute Gasteiger partial charge is 0.392 e. The zero-order chi connectivity index (χ0) is 18.2. The van der Waals surface area contributed by atoms with Gasteiger partial charge in [-0.2, -0.15) is 0 Å². The van der Waals surface area contributed by atoms with Crippen LogP contribution in [0.4, 0.5) is 0 Å². The van der Waals surface area contributed by atoms with E-state index in [1.165, 1.54) is 5.57 Å². The average Bonchev–Trinajstić information content (AvgIpc) is 2.66. The quantitative estimate of drug-likeness (QED) is 0.578. The van der Waals surface area contributed by atoms with E-state index >= 15 is 0 Å². The predicted octanol–water partition coefficient (Wildman–Crippen LogP) is 1.59. The van der Waals surface area contributed by atoms with Gasteiger partial charge in [-0.1, -0.05) is 19.9 Å². The van der Waals surface area contributed by atoms with E-state index in [1.807, 2.05) is 13.8 Å². The topological polar surface area (TPSA) is 87.0 Å². The first kappa shape index (κ1) is 17.7. The Kier molecular flexibility index (Phi) is 3.80. The molecule has 1 spiro atoms. The van der Waals surface area contributed by atoms with Gasteiger partial charge >= 0.3 is 0 Å². The molecule has 0 amide bonds. The number of hydrogen-bond acceptors (Lipinski definition) is 5. The van der Waals surface area contributed by atoms with E-state index in [4.69, 9.17) is 4.74 Å². The Bertz CT molecular complexity index is 622. The number of ketones is 1. The summed E-state index contributed by atoms with van der Waals surface area (Å²) in [7, 11) is 0. The third-order valence-electron chi connectivity index (χ3n) is 7.73. The molecule has 140 valence electrons. The lowest BCUT2D eigenvalue weighted by Crippen LogP contribution is -2.53. The van der Waals surface area contributed by atoms with E-state index in [0.717, 1.165) is 12.8 Å². The van der Waals surface area contributed by atoms with Gasteiger partial charge in [0.2, 0.25) is 0 Å². The summed E-state index contributed by atoms with van der Waals surface area (Å²) in [5.41, 5.74) is -1.22. The number of fused-ring (bicyclic) bond motifs is 6. The van der Waals surface area contributed by atoms with Gasteiger partial charge in [0.05, 0.1) is 29.8 Å². The zero-order valence-corrected chi connectivity index (χ0v) is 15.4. The van der Waals surface area contributed by atoms with Gasteiger partial charge in [-0.3, -0.25) is 4.79 Å². The smallest absolute Gasteiger partial charge is 0.169 e. The minimum atomic E-state index is -1.14. The van der Waals surface area contributed by atoms with Crippen LogP contribution in [0.5, 0.6) is 0 Å². The second-order valence-electron chi connectivity index (χ2n) is 9.57. The van der Waals surface area contributed by atoms with Crippen LogP contribution >= 0.6 is 0 Å². The second kappa shape index (κ2) is 5.38. The molecule has 1 saturated heterocycles. The van der Waals surface area contributed by atoms with Gasteiger partial charge in [0.15, 0.2) is 5.78 Å². The Morgan fingerprint density at radius 1 is 1.20 bits per heavy atom. The molecule has 3 N–H and O–H groups in total. The fourth-order valence-electron chi connectivity index (χ4n) is 6.33. The lowest BCUT2D eigenvalue weighted by atomic mass is 9.58. The van der Waals surface area contributed by atoms with Crippen molar-refractivity contribution in [2.45, 2.75) is 76.8 Å². The molecular formula is C20H30O5. The van der Waals surface area contributed by atoms with Crippen LogP contribution in [0, 0.1) is 22.7 Å². The van der Waals surface area contributed by atoms with Crippen molar-refractivity contribution in [2.75, 3.05) is 6.61 Å². The van der Waals surface area contributed by atoms with Crippen molar-refractivity contribution >= 4 is 5.78 Å². The molecule has 2 aliphatic heterocycles. The molecule has 2 heterocycles. The summed E-state index contributed by atoms with van der Waals surface area (Å²) in [6, 6.07) is 0. The van der Waals surface area contributed by atoms with Gasteiger partial charge in [-0.15, -0.1) is 0 Å². The minimum absolute atomic E-state index is 0.0531. The van der Waals surface area contributed by atoms with E-state index in [0.29, 0.717) is 19.4 Å². The van der Waals surface area contributed by atoms with Crippen LogP contribution in [0.25, 0.3) is 0 Å². The van der Waals surface area contributed by atoms with Crippen molar-refractivity contribution in [1.29, 1.82) is 0 Å². The number of aliphatic hydroxyl groups is 3. The lowest BCUT2D eigenvalue weighted by molar-refractivity contribution is -0.153. The van der Waals surface area contributed by atoms with Crippen LogP contribution in [0.15, 0.2) is 11.6 Å². The average molecular weight is 350 g/mol.